The van der Waals surface area contributed by atoms with E-state index in [1.54, 1.807) is 79.1 Å². The topological polar surface area (TPSA) is 102 Å². The number of amides is 2. The fourth-order valence-corrected chi connectivity index (χ4v) is 6.51. The van der Waals surface area contributed by atoms with Gasteiger partial charge >= 0.3 is 0 Å². The summed E-state index contributed by atoms with van der Waals surface area (Å²) in [6.45, 7) is 7.52. The van der Waals surface area contributed by atoms with Gasteiger partial charge in [0.25, 0.3) is 0 Å². The molecule has 0 atom stereocenters. The number of hydrogen-bond donors (Lipinski definition) is 0. The summed E-state index contributed by atoms with van der Waals surface area (Å²) in [5.74, 6) is 14.9. The van der Waals surface area contributed by atoms with Crippen molar-refractivity contribution in [2.45, 2.75) is 13.1 Å². The number of hydrogen-bond acceptors (Lipinski definition) is 10. The van der Waals surface area contributed by atoms with E-state index >= 15 is 0 Å². The molecule has 5 rings (SSSR count). The first-order valence-electron chi connectivity index (χ1n) is 18.4. The van der Waals surface area contributed by atoms with Gasteiger partial charge in [-0.1, -0.05) is 47.9 Å². The molecular formula is C44H52Cl2N4O8. The van der Waals surface area contributed by atoms with Gasteiger partial charge in [-0.2, -0.15) is 0 Å². The molecule has 310 valence electrons. The Labute approximate surface area is 354 Å². The van der Waals surface area contributed by atoms with E-state index in [0.29, 0.717) is 71.8 Å². The van der Waals surface area contributed by atoms with Crippen LogP contribution < -0.4 is 28.4 Å². The Morgan fingerprint density at radius 3 is 1.10 bits per heavy atom. The van der Waals surface area contributed by atoms with Gasteiger partial charge in [-0.15, -0.1) is 24.8 Å². The Hall–Kier alpha value is -5.50. The van der Waals surface area contributed by atoms with E-state index in [1.165, 1.54) is 23.3 Å². The van der Waals surface area contributed by atoms with E-state index in [1.807, 2.05) is 9.80 Å². The first-order chi connectivity index (χ1) is 27.3. The molecule has 3 aromatic rings. The average Bonchev–Trinajstić information content (AvgIpc) is 3.24. The van der Waals surface area contributed by atoms with Gasteiger partial charge in [0.15, 0.2) is 23.0 Å². The first-order valence-corrected chi connectivity index (χ1v) is 18.4. The fourth-order valence-electron chi connectivity index (χ4n) is 6.51. The quantitative estimate of drug-likeness (QED) is 0.181. The van der Waals surface area contributed by atoms with Gasteiger partial charge in [-0.3, -0.25) is 19.4 Å². The normalized spacial score (nSPS) is 14.2. The predicted octanol–water partition coefficient (Wildman–Crippen LogP) is 5.09. The van der Waals surface area contributed by atoms with Gasteiger partial charge in [0.05, 0.1) is 42.7 Å². The lowest BCUT2D eigenvalue weighted by Crippen LogP contribution is -2.48. The molecule has 0 spiro atoms. The second-order valence-corrected chi connectivity index (χ2v) is 13.1. The van der Waals surface area contributed by atoms with E-state index in [0.717, 1.165) is 39.3 Å². The molecule has 2 fully saturated rings. The minimum atomic E-state index is -0.0479. The molecule has 58 heavy (non-hydrogen) atoms. The summed E-state index contributed by atoms with van der Waals surface area (Å²) < 4.78 is 32.3. The van der Waals surface area contributed by atoms with Crippen LogP contribution in [0.5, 0.6) is 34.5 Å². The highest BCUT2D eigenvalue weighted by atomic mass is 35.5. The number of ether oxygens (including phenoxy) is 6. The number of halogens is 2. The van der Waals surface area contributed by atoms with Gasteiger partial charge in [-0.05, 0) is 47.5 Å². The number of carbonyl (C=O) groups is 2. The lowest BCUT2D eigenvalue weighted by Gasteiger charge is -2.34. The standard InChI is InChI=1S/C44H50N4O8.2ClH/c1-51-37-27-35(28-38(52-2)43(37)55-5)11-7-9-13-41(49)47-23-19-45(20-24-47)31-33-15-17-34(18-16-33)32-46-21-25-48(26-22-46)42(50)14-10-8-12-36-29-39(53-3)44(56-6)40(30-36)54-4;;/h9-10,13-18,27-30H,19-26,31-32H2,1-6H3;2*1H/b13-9+,14-10+;;. The Morgan fingerprint density at radius 1 is 0.517 bits per heavy atom. The van der Waals surface area contributed by atoms with Gasteiger partial charge < -0.3 is 38.2 Å². The molecule has 0 aromatic heterocycles. The van der Waals surface area contributed by atoms with Crippen molar-refractivity contribution in [1.29, 1.82) is 0 Å². The third-order valence-electron chi connectivity index (χ3n) is 9.58. The van der Waals surface area contributed by atoms with Gasteiger partial charge in [0.2, 0.25) is 23.3 Å². The molecule has 2 heterocycles. The van der Waals surface area contributed by atoms with E-state index in [9.17, 15) is 9.59 Å². The van der Waals surface area contributed by atoms with Crippen LogP contribution in [0.15, 0.2) is 72.8 Å². The number of carbonyl (C=O) groups excluding carboxylic acids is 2. The third-order valence-corrected chi connectivity index (χ3v) is 9.58. The van der Waals surface area contributed by atoms with Crippen molar-refractivity contribution in [3.8, 4) is 58.2 Å². The third kappa shape index (κ3) is 12.8. The second kappa shape index (κ2) is 23.7. The molecule has 0 N–H and O–H groups in total. The molecule has 0 aliphatic carbocycles. The number of piperazine rings is 2. The Kier molecular flexibility index (Phi) is 19.1. The van der Waals surface area contributed by atoms with Crippen molar-refractivity contribution >= 4 is 36.6 Å². The lowest BCUT2D eigenvalue weighted by atomic mass is 10.1. The summed E-state index contributed by atoms with van der Waals surface area (Å²) in [5.41, 5.74) is 3.86. The van der Waals surface area contributed by atoms with Crippen LogP contribution in [-0.4, -0.2) is 126 Å². The fraction of sp³-hybridized carbons (Fsp3) is 0.364. The molecule has 0 radical (unpaired) electrons. The Balaban J connectivity index is 0.00000450. The van der Waals surface area contributed by atoms with Crippen molar-refractivity contribution in [3.63, 3.8) is 0 Å². The van der Waals surface area contributed by atoms with Crippen LogP contribution in [0.1, 0.15) is 22.3 Å². The van der Waals surface area contributed by atoms with E-state index in [-0.39, 0.29) is 36.6 Å². The van der Waals surface area contributed by atoms with Crippen LogP contribution in [-0.2, 0) is 22.7 Å². The molecule has 2 saturated heterocycles. The molecule has 3 aromatic carbocycles. The summed E-state index contributed by atoms with van der Waals surface area (Å²) in [4.78, 5) is 34.1. The zero-order valence-corrected chi connectivity index (χ0v) is 35.5. The second-order valence-electron chi connectivity index (χ2n) is 13.1. The SMILES string of the molecule is COc1cc(C#C/C=C/C(=O)N2CCN(Cc3ccc(CN4CCN(C(=O)/C=C/C#Cc5cc(OC)c(OC)c(OC)c5)CC4)cc3)CC2)cc(OC)c1OC.Cl.Cl. The molecule has 0 saturated carbocycles. The largest absolute Gasteiger partial charge is 0.493 e. The number of nitrogens with zero attached hydrogens (tertiary/aromatic N) is 4. The molecule has 12 nitrogen and oxygen atoms in total. The van der Waals surface area contributed by atoms with Crippen molar-refractivity contribution in [2.75, 3.05) is 95.0 Å². The zero-order valence-electron chi connectivity index (χ0n) is 33.9. The van der Waals surface area contributed by atoms with Gasteiger partial charge in [-0.25, -0.2) is 0 Å². The molecular weight excluding hydrogens is 783 g/mol. The van der Waals surface area contributed by atoms with Crippen molar-refractivity contribution in [1.82, 2.24) is 19.6 Å². The van der Waals surface area contributed by atoms with E-state index in [2.05, 4.69) is 57.7 Å². The van der Waals surface area contributed by atoms with Gasteiger partial charge in [0.1, 0.15) is 0 Å². The first kappa shape index (κ1) is 46.9. The highest BCUT2D eigenvalue weighted by molar-refractivity contribution is 5.88. The maximum Gasteiger partial charge on any atom is 0.247 e. The van der Waals surface area contributed by atoms with Crippen molar-refractivity contribution < 1.29 is 38.0 Å². The molecule has 14 heteroatoms. The average molecular weight is 836 g/mol. The number of rotatable bonds is 12. The van der Waals surface area contributed by atoms with Gasteiger partial charge in [0, 0.05) is 88.7 Å². The lowest BCUT2D eigenvalue weighted by molar-refractivity contribution is -0.128. The van der Waals surface area contributed by atoms with Crippen molar-refractivity contribution in [3.05, 3.63) is 95.1 Å². The molecule has 2 amide bonds. The van der Waals surface area contributed by atoms with Crippen LogP contribution >= 0.6 is 24.8 Å². The summed E-state index contributed by atoms with van der Waals surface area (Å²) in [7, 11) is 9.34. The van der Waals surface area contributed by atoms with E-state index in [4.69, 9.17) is 28.4 Å². The molecule has 0 bridgehead atoms. The highest BCUT2D eigenvalue weighted by Gasteiger charge is 2.21. The summed E-state index contributed by atoms with van der Waals surface area (Å²) >= 11 is 0. The number of benzene rings is 3. The maximum atomic E-state index is 12.8. The van der Waals surface area contributed by atoms with Crippen molar-refractivity contribution in [2.24, 2.45) is 0 Å². The summed E-state index contributed by atoms with van der Waals surface area (Å²) in [5, 5.41) is 0. The van der Waals surface area contributed by atoms with Crippen LogP contribution in [0.2, 0.25) is 0 Å². The highest BCUT2D eigenvalue weighted by Crippen LogP contribution is 2.39. The summed E-state index contributed by atoms with van der Waals surface area (Å²) in [6, 6.07) is 15.8. The molecule has 0 unspecified atom stereocenters. The molecule has 2 aliphatic heterocycles. The Bertz CT molecular complexity index is 1820. The maximum absolute atomic E-state index is 12.8. The minimum absolute atomic E-state index is 0. The van der Waals surface area contributed by atoms with E-state index < -0.39 is 0 Å². The van der Waals surface area contributed by atoms with Crippen LogP contribution in [0.4, 0.5) is 0 Å². The predicted molar refractivity (Wildman–Crippen MR) is 229 cm³/mol. The number of methoxy groups -OCH3 is 6. The van der Waals surface area contributed by atoms with Crippen LogP contribution in [0.3, 0.4) is 0 Å². The summed E-state index contributed by atoms with van der Waals surface area (Å²) in [6.07, 6.45) is 6.20. The monoisotopic (exact) mass is 834 g/mol. The van der Waals surface area contributed by atoms with Crippen LogP contribution in [0.25, 0.3) is 0 Å². The number of allylic oxidation sites excluding steroid dienone is 2. The minimum Gasteiger partial charge on any atom is -0.493 e. The Morgan fingerprint density at radius 2 is 0.828 bits per heavy atom. The smallest absolute Gasteiger partial charge is 0.247 e. The molecule has 2 aliphatic rings. The zero-order chi connectivity index (χ0) is 39.9. The van der Waals surface area contributed by atoms with Crippen LogP contribution in [0, 0.1) is 23.7 Å².